The van der Waals surface area contributed by atoms with E-state index in [-0.39, 0.29) is 23.5 Å². The Hall–Kier alpha value is -2.27. The molecule has 4 nitrogen and oxygen atoms in total. The van der Waals surface area contributed by atoms with Gasteiger partial charge in [0.25, 0.3) is 0 Å². The molecule has 0 heterocycles. The van der Waals surface area contributed by atoms with E-state index in [1.54, 1.807) is 0 Å². The molecule has 0 spiro atoms. The van der Waals surface area contributed by atoms with Crippen molar-refractivity contribution in [3.8, 4) is 11.5 Å². The van der Waals surface area contributed by atoms with Crippen LogP contribution in [0.5, 0.6) is 11.5 Å². The van der Waals surface area contributed by atoms with Gasteiger partial charge in [-0.1, -0.05) is 11.6 Å². The highest BCUT2D eigenvalue weighted by atomic mass is 35.5. The molecule has 0 saturated carbocycles. The summed E-state index contributed by atoms with van der Waals surface area (Å²) in [7, 11) is 1.45. The summed E-state index contributed by atoms with van der Waals surface area (Å²) in [6.07, 6.45) is 0. The van der Waals surface area contributed by atoms with E-state index in [4.69, 9.17) is 26.2 Å². The maximum atomic E-state index is 13.6. The lowest BCUT2D eigenvalue weighted by Gasteiger charge is -2.11. The molecule has 21 heavy (non-hydrogen) atoms. The highest BCUT2D eigenvalue weighted by Gasteiger charge is 2.13. The number of hydrogen-bond donors (Lipinski definition) is 1. The number of carboxylic acid groups (broad SMARTS) is 1. The van der Waals surface area contributed by atoms with Gasteiger partial charge in [-0.05, 0) is 30.3 Å². The average molecular weight is 311 g/mol. The van der Waals surface area contributed by atoms with E-state index >= 15 is 0 Å². The highest BCUT2D eigenvalue weighted by molar-refractivity contribution is 6.30. The fourth-order valence-corrected chi connectivity index (χ4v) is 1.93. The molecule has 0 fully saturated rings. The molecule has 0 radical (unpaired) electrons. The lowest BCUT2D eigenvalue weighted by Crippen LogP contribution is -2.05. The van der Waals surface area contributed by atoms with Crippen LogP contribution >= 0.6 is 11.6 Å². The van der Waals surface area contributed by atoms with E-state index in [2.05, 4.69) is 0 Å². The Morgan fingerprint density at radius 3 is 2.71 bits per heavy atom. The Balaban J connectivity index is 2.26. The molecule has 2 rings (SSSR count). The maximum absolute atomic E-state index is 13.6. The predicted octanol–water partition coefficient (Wildman–Crippen LogP) is 3.76. The van der Waals surface area contributed by atoms with Crippen molar-refractivity contribution in [2.75, 3.05) is 7.11 Å². The monoisotopic (exact) mass is 310 g/mol. The molecule has 0 aromatic heterocycles. The van der Waals surface area contributed by atoms with Crippen molar-refractivity contribution in [3.63, 3.8) is 0 Å². The van der Waals surface area contributed by atoms with Gasteiger partial charge in [0.2, 0.25) is 0 Å². The van der Waals surface area contributed by atoms with Crippen molar-refractivity contribution in [2.45, 2.75) is 6.61 Å². The maximum Gasteiger partial charge on any atom is 0.339 e. The summed E-state index contributed by atoms with van der Waals surface area (Å²) in [6, 6.07) is 8.39. The summed E-state index contributed by atoms with van der Waals surface area (Å²) in [5, 5.41) is 9.48. The zero-order chi connectivity index (χ0) is 15.4. The Bertz CT molecular complexity index is 673. The van der Waals surface area contributed by atoms with E-state index < -0.39 is 11.8 Å². The van der Waals surface area contributed by atoms with Gasteiger partial charge in [0.15, 0.2) is 0 Å². The van der Waals surface area contributed by atoms with Gasteiger partial charge in [0.1, 0.15) is 29.5 Å². The van der Waals surface area contributed by atoms with Gasteiger partial charge in [-0.3, -0.25) is 0 Å². The van der Waals surface area contributed by atoms with Gasteiger partial charge in [0, 0.05) is 16.7 Å². The van der Waals surface area contributed by atoms with Crippen molar-refractivity contribution in [1.82, 2.24) is 0 Å². The molecule has 0 saturated heterocycles. The first-order valence-electron chi connectivity index (χ1n) is 5.99. The van der Waals surface area contributed by atoms with E-state index in [1.807, 2.05) is 0 Å². The van der Waals surface area contributed by atoms with Gasteiger partial charge >= 0.3 is 5.97 Å². The molecule has 0 aliphatic rings. The van der Waals surface area contributed by atoms with Gasteiger partial charge in [-0.15, -0.1) is 0 Å². The number of ether oxygens (including phenoxy) is 2. The topological polar surface area (TPSA) is 55.8 Å². The van der Waals surface area contributed by atoms with Crippen LogP contribution < -0.4 is 9.47 Å². The van der Waals surface area contributed by atoms with Crippen molar-refractivity contribution >= 4 is 17.6 Å². The minimum absolute atomic E-state index is 0.0294. The molecule has 0 aliphatic heterocycles. The van der Waals surface area contributed by atoms with E-state index in [0.29, 0.717) is 10.8 Å². The summed E-state index contributed by atoms with van der Waals surface area (Å²) in [5.41, 5.74) is 0.208. The number of benzene rings is 2. The quantitative estimate of drug-likeness (QED) is 0.913. The summed E-state index contributed by atoms with van der Waals surface area (Å²) in [5.74, 6) is -1.07. The second-order valence-corrected chi connectivity index (χ2v) is 4.63. The minimum atomic E-state index is -1.14. The van der Waals surface area contributed by atoms with Crippen molar-refractivity contribution in [3.05, 3.63) is 58.4 Å². The van der Waals surface area contributed by atoms with Crippen LogP contribution in [0.4, 0.5) is 4.39 Å². The number of carbonyl (C=O) groups is 1. The summed E-state index contributed by atoms with van der Waals surface area (Å²) in [4.78, 5) is 11.1. The molecule has 0 atom stereocenters. The zero-order valence-corrected chi connectivity index (χ0v) is 11.9. The molecule has 1 N–H and O–H groups in total. The minimum Gasteiger partial charge on any atom is -0.497 e. The van der Waals surface area contributed by atoms with E-state index in [9.17, 15) is 9.18 Å². The molecule has 110 valence electrons. The van der Waals surface area contributed by atoms with Gasteiger partial charge < -0.3 is 14.6 Å². The van der Waals surface area contributed by atoms with Gasteiger partial charge in [0.05, 0.1) is 7.11 Å². The molecule has 0 unspecified atom stereocenters. The Morgan fingerprint density at radius 2 is 2.05 bits per heavy atom. The van der Waals surface area contributed by atoms with Crippen LogP contribution in [0.3, 0.4) is 0 Å². The molecular formula is C15H12ClFO4. The normalized spacial score (nSPS) is 10.2. The van der Waals surface area contributed by atoms with Crippen LogP contribution in [0.25, 0.3) is 0 Å². The van der Waals surface area contributed by atoms with Crippen molar-refractivity contribution < 1.29 is 23.8 Å². The third-order valence-electron chi connectivity index (χ3n) is 2.81. The Labute approximate surface area is 125 Å². The lowest BCUT2D eigenvalue weighted by molar-refractivity contribution is 0.0691. The van der Waals surface area contributed by atoms with Crippen LogP contribution in [-0.4, -0.2) is 18.2 Å². The number of rotatable bonds is 5. The first-order valence-corrected chi connectivity index (χ1v) is 6.37. The Morgan fingerprint density at radius 1 is 1.29 bits per heavy atom. The van der Waals surface area contributed by atoms with Crippen molar-refractivity contribution in [1.29, 1.82) is 0 Å². The number of aromatic carboxylic acids is 1. The van der Waals surface area contributed by atoms with Crippen LogP contribution in [-0.2, 0) is 6.61 Å². The Kier molecular flexibility index (Phi) is 4.65. The first kappa shape index (κ1) is 15.1. The van der Waals surface area contributed by atoms with Gasteiger partial charge in [-0.2, -0.15) is 0 Å². The number of halogens is 2. The number of hydrogen-bond acceptors (Lipinski definition) is 3. The zero-order valence-electron chi connectivity index (χ0n) is 11.1. The van der Waals surface area contributed by atoms with Crippen LogP contribution in [0.2, 0.25) is 5.02 Å². The lowest BCUT2D eigenvalue weighted by atomic mass is 10.2. The summed E-state index contributed by atoms with van der Waals surface area (Å²) in [6.45, 7) is -0.139. The fraction of sp³-hybridized carbons (Fsp3) is 0.133. The second kappa shape index (κ2) is 6.45. The molecule has 0 bridgehead atoms. The van der Waals surface area contributed by atoms with Gasteiger partial charge in [-0.25, -0.2) is 9.18 Å². The smallest absolute Gasteiger partial charge is 0.339 e. The molecular weight excluding hydrogens is 299 g/mol. The van der Waals surface area contributed by atoms with Crippen LogP contribution in [0, 0.1) is 5.82 Å². The molecule has 2 aromatic rings. The molecule has 0 aliphatic carbocycles. The third-order valence-corrected chi connectivity index (χ3v) is 3.05. The molecule has 2 aromatic carbocycles. The largest absolute Gasteiger partial charge is 0.497 e. The second-order valence-electron chi connectivity index (χ2n) is 4.19. The number of carboxylic acids is 1. The van der Waals surface area contributed by atoms with Crippen molar-refractivity contribution in [2.24, 2.45) is 0 Å². The predicted molar refractivity (Wildman–Crippen MR) is 75.7 cm³/mol. The van der Waals surface area contributed by atoms with E-state index in [0.717, 1.165) is 0 Å². The molecule has 0 amide bonds. The third kappa shape index (κ3) is 3.64. The van der Waals surface area contributed by atoms with Crippen LogP contribution in [0.1, 0.15) is 15.9 Å². The molecule has 6 heteroatoms. The average Bonchev–Trinajstić information content (AvgIpc) is 2.47. The fourth-order valence-electron chi connectivity index (χ4n) is 1.74. The number of methoxy groups -OCH3 is 1. The first-order chi connectivity index (χ1) is 10.0. The summed E-state index contributed by atoms with van der Waals surface area (Å²) < 4.78 is 24.0. The standard InChI is InChI=1S/C15H12ClFO4/c1-20-11-3-4-12(15(18)19)14(7-11)21-8-9-6-10(16)2-5-13(9)17/h2-7H,8H2,1H3,(H,18,19). The summed E-state index contributed by atoms with van der Waals surface area (Å²) >= 11 is 5.79. The van der Waals surface area contributed by atoms with E-state index in [1.165, 1.54) is 43.5 Å². The highest BCUT2D eigenvalue weighted by Crippen LogP contribution is 2.26. The van der Waals surface area contributed by atoms with Crippen LogP contribution in [0.15, 0.2) is 36.4 Å². The SMILES string of the molecule is COc1ccc(C(=O)O)c(OCc2cc(Cl)ccc2F)c1.